The van der Waals surface area contributed by atoms with Crippen molar-refractivity contribution in [2.75, 3.05) is 6.61 Å². The number of ether oxygens (including phenoxy) is 1. The van der Waals surface area contributed by atoms with Gasteiger partial charge < -0.3 is 20.1 Å². The van der Waals surface area contributed by atoms with Gasteiger partial charge >= 0.3 is 5.69 Å². The van der Waals surface area contributed by atoms with Crippen molar-refractivity contribution in [1.82, 2.24) is 9.13 Å². The first kappa shape index (κ1) is 18.8. The van der Waals surface area contributed by atoms with Crippen molar-refractivity contribution in [3.05, 3.63) is 68.0 Å². The number of benzene rings is 1. The number of halogens is 1. The zero-order valence-electron chi connectivity index (χ0n) is 13.7. The van der Waals surface area contributed by atoms with Gasteiger partial charge in [0.05, 0.1) is 6.61 Å². The van der Waals surface area contributed by atoms with Crippen molar-refractivity contribution in [2.45, 2.75) is 37.5 Å². The number of nitrogens with zero attached hydrogens (tertiary/aromatic N) is 2. The van der Waals surface area contributed by atoms with E-state index in [0.717, 1.165) is 14.7 Å². The van der Waals surface area contributed by atoms with Gasteiger partial charge in [-0.25, -0.2) is 4.79 Å². The lowest BCUT2D eigenvalue weighted by Gasteiger charge is -2.18. The normalized spacial score (nSPS) is 25.5. The summed E-state index contributed by atoms with van der Waals surface area (Å²) in [5.74, 6) is 0. The Morgan fingerprint density at radius 1 is 1.12 bits per heavy atom. The lowest BCUT2D eigenvalue weighted by atomic mass is 10.1. The molecule has 4 atom stereocenters. The summed E-state index contributed by atoms with van der Waals surface area (Å²) >= 11 is 6.10. The highest BCUT2D eigenvalue weighted by atomic mass is 35.5. The van der Waals surface area contributed by atoms with E-state index < -0.39 is 42.4 Å². The minimum Gasteiger partial charge on any atom is -0.394 e. The van der Waals surface area contributed by atoms with Gasteiger partial charge in [0.15, 0.2) is 6.23 Å². The average molecular weight is 383 g/mol. The maximum absolute atomic E-state index is 12.7. The lowest BCUT2D eigenvalue weighted by molar-refractivity contribution is -0.0556. The number of hydrogen-bond acceptors (Lipinski definition) is 6. The van der Waals surface area contributed by atoms with Crippen molar-refractivity contribution in [3.8, 4) is 0 Å². The summed E-state index contributed by atoms with van der Waals surface area (Å²) in [5.41, 5.74) is -0.381. The van der Waals surface area contributed by atoms with Gasteiger partial charge in [-0.15, -0.1) is 0 Å². The van der Waals surface area contributed by atoms with Crippen molar-refractivity contribution >= 4 is 11.6 Å². The first-order valence-electron chi connectivity index (χ1n) is 8.12. The van der Waals surface area contributed by atoms with Crippen LogP contribution in [0.4, 0.5) is 0 Å². The zero-order chi connectivity index (χ0) is 18.8. The Morgan fingerprint density at radius 2 is 1.85 bits per heavy atom. The first-order valence-corrected chi connectivity index (χ1v) is 8.49. The Balaban J connectivity index is 1.89. The first-order chi connectivity index (χ1) is 12.4. The molecule has 0 amide bonds. The molecule has 0 radical (unpaired) electrons. The Morgan fingerprint density at radius 3 is 2.50 bits per heavy atom. The molecule has 1 aromatic carbocycles. The predicted octanol–water partition coefficient (Wildman–Crippen LogP) is -0.482. The van der Waals surface area contributed by atoms with Gasteiger partial charge in [-0.05, 0) is 18.1 Å². The molecule has 0 saturated carbocycles. The fourth-order valence-corrected chi connectivity index (χ4v) is 3.20. The Hall–Kier alpha value is -1.97. The summed E-state index contributed by atoms with van der Waals surface area (Å²) in [6.07, 6.45) is -3.36. The summed E-state index contributed by atoms with van der Waals surface area (Å²) in [5, 5.41) is 29.7. The second-order valence-corrected chi connectivity index (χ2v) is 6.47. The number of rotatable bonds is 5. The highest BCUT2D eigenvalue weighted by molar-refractivity contribution is 6.31. The van der Waals surface area contributed by atoms with E-state index in [0.29, 0.717) is 11.4 Å². The van der Waals surface area contributed by atoms with Crippen LogP contribution in [0.5, 0.6) is 0 Å². The third kappa shape index (κ3) is 3.46. The number of aliphatic hydroxyl groups excluding tert-OH is 3. The van der Waals surface area contributed by atoms with Gasteiger partial charge in [-0.3, -0.25) is 13.9 Å². The molecular weight excluding hydrogens is 364 g/mol. The molecule has 0 aliphatic carbocycles. The van der Waals surface area contributed by atoms with Crippen molar-refractivity contribution in [1.29, 1.82) is 0 Å². The number of aryl methyl sites for hydroxylation is 1. The Kier molecular flexibility index (Phi) is 5.59. The smallest absolute Gasteiger partial charge is 0.333 e. The SMILES string of the molecule is O=c1ccn([C@@H]2O[C@H](CO)C(O)C2O)c(=O)n1CCc1ccccc1Cl. The highest BCUT2D eigenvalue weighted by Gasteiger charge is 2.43. The van der Waals surface area contributed by atoms with Crippen LogP contribution in [0.2, 0.25) is 5.02 Å². The van der Waals surface area contributed by atoms with Crippen molar-refractivity contribution in [2.24, 2.45) is 0 Å². The van der Waals surface area contributed by atoms with Crippen LogP contribution in [0.3, 0.4) is 0 Å². The lowest BCUT2D eigenvalue weighted by Crippen LogP contribution is -2.43. The Labute approximate surface area is 153 Å². The average Bonchev–Trinajstić information content (AvgIpc) is 2.91. The summed E-state index contributed by atoms with van der Waals surface area (Å²) in [6, 6.07) is 8.31. The molecule has 3 N–H and O–H groups in total. The second kappa shape index (κ2) is 7.73. The fourth-order valence-electron chi connectivity index (χ4n) is 2.97. The monoisotopic (exact) mass is 382 g/mol. The molecule has 2 aromatic rings. The van der Waals surface area contributed by atoms with E-state index in [9.17, 15) is 24.9 Å². The predicted molar refractivity (Wildman–Crippen MR) is 93.1 cm³/mol. The molecule has 1 aromatic heterocycles. The van der Waals surface area contributed by atoms with Crippen LogP contribution in [0, 0.1) is 0 Å². The van der Waals surface area contributed by atoms with E-state index >= 15 is 0 Å². The van der Waals surface area contributed by atoms with Crippen molar-refractivity contribution in [3.63, 3.8) is 0 Å². The third-order valence-corrected chi connectivity index (χ3v) is 4.82. The quantitative estimate of drug-likeness (QED) is 0.643. The molecule has 1 aliphatic rings. The summed E-state index contributed by atoms with van der Waals surface area (Å²) < 4.78 is 7.41. The molecule has 8 nitrogen and oxygen atoms in total. The van der Waals surface area contributed by atoms with Crippen LogP contribution in [0.15, 0.2) is 46.1 Å². The second-order valence-electron chi connectivity index (χ2n) is 6.07. The molecule has 0 bridgehead atoms. The topological polar surface area (TPSA) is 114 Å². The summed E-state index contributed by atoms with van der Waals surface area (Å²) in [4.78, 5) is 24.8. The molecule has 26 heavy (non-hydrogen) atoms. The molecule has 1 aliphatic heterocycles. The minimum absolute atomic E-state index is 0.0943. The molecule has 0 spiro atoms. The van der Waals surface area contributed by atoms with Crippen LogP contribution in [0.25, 0.3) is 0 Å². The maximum Gasteiger partial charge on any atom is 0.333 e. The van der Waals surface area contributed by atoms with E-state index in [-0.39, 0.29) is 6.54 Å². The molecule has 9 heteroatoms. The third-order valence-electron chi connectivity index (χ3n) is 4.45. The maximum atomic E-state index is 12.7. The van der Waals surface area contributed by atoms with Gasteiger partial charge in [0.25, 0.3) is 5.56 Å². The molecule has 1 saturated heterocycles. The van der Waals surface area contributed by atoms with E-state index in [1.807, 2.05) is 6.07 Å². The Bertz CT molecular complexity index is 895. The van der Waals surface area contributed by atoms with Gasteiger partial charge in [0, 0.05) is 23.8 Å². The summed E-state index contributed by atoms with van der Waals surface area (Å²) in [6.45, 7) is -0.410. The highest BCUT2D eigenvalue weighted by Crippen LogP contribution is 2.27. The van der Waals surface area contributed by atoms with Gasteiger partial charge in [0.1, 0.15) is 18.3 Å². The molecule has 140 valence electrons. The molecule has 3 rings (SSSR count). The molecule has 2 unspecified atom stereocenters. The standard InChI is InChI=1S/C17H19ClN2O6/c18-11-4-2-1-3-10(11)5-7-19-13(22)6-8-20(17(19)25)16-15(24)14(23)12(9-21)26-16/h1-4,6,8,12,14-16,21,23-24H,5,7,9H2/t12-,14?,15?,16-/m1/s1. The molecule has 1 fully saturated rings. The number of aromatic nitrogens is 2. The van der Waals surface area contributed by atoms with Crippen LogP contribution < -0.4 is 11.2 Å². The van der Waals surface area contributed by atoms with E-state index in [4.69, 9.17) is 16.3 Å². The number of hydrogen-bond donors (Lipinski definition) is 3. The minimum atomic E-state index is -1.40. The summed E-state index contributed by atoms with van der Waals surface area (Å²) in [7, 11) is 0. The van der Waals surface area contributed by atoms with Crippen LogP contribution in [-0.4, -0.2) is 49.4 Å². The van der Waals surface area contributed by atoms with Gasteiger partial charge in [0.2, 0.25) is 0 Å². The van der Waals surface area contributed by atoms with E-state index in [1.165, 1.54) is 12.3 Å². The zero-order valence-corrected chi connectivity index (χ0v) is 14.5. The van der Waals surface area contributed by atoms with E-state index in [1.54, 1.807) is 18.2 Å². The largest absolute Gasteiger partial charge is 0.394 e. The van der Waals surface area contributed by atoms with Gasteiger partial charge in [-0.2, -0.15) is 0 Å². The number of aliphatic hydroxyl groups is 3. The van der Waals surface area contributed by atoms with Gasteiger partial charge in [-0.1, -0.05) is 29.8 Å². The van der Waals surface area contributed by atoms with E-state index in [2.05, 4.69) is 0 Å². The van der Waals surface area contributed by atoms with Crippen LogP contribution in [0.1, 0.15) is 11.8 Å². The van der Waals surface area contributed by atoms with Crippen LogP contribution >= 0.6 is 11.6 Å². The van der Waals surface area contributed by atoms with Crippen molar-refractivity contribution < 1.29 is 20.1 Å². The fraction of sp³-hybridized carbons (Fsp3) is 0.412. The molecule has 2 heterocycles. The molecular formula is C17H19ClN2O6. The van der Waals surface area contributed by atoms with Crippen LogP contribution in [-0.2, 0) is 17.7 Å².